The van der Waals surface area contributed by atoms with Gasteiger partial charge in [0.1, 0.15) is 5.75 Å². The summed E-state index contributed by atoms with van der Waals surface area (Å²) in [5.41, 5.74) is 6.83. The van der Waals surface area contributed by atoms with Crippen LogP contribution in [0.2, 0.25) is 0 Å². The van der Waals surface area contributed by atoms with Crippen LogP contribution in [0.1, 0.15) is 37.8 Å². The third kappa shape index (κ3) is 3.74. The molecule has 0 spiro atoms. The summed E-state index contributed by atoms with van der Waals surface area (Å²) in [5, 5.41) is 2.93. The number of hydrogen-bond donors (Lipinski definition) is 2. The maximum atomic E-state index is 11.5. The van der Waals surface area contributed by atoms with Crippen LogP contribution in [0, 0.1) is 0 Å². The van der Waals surface area contributed by atoms with Crippen molar-refractivity contribution >= 4 is 5.91 Å². The lowest BCUT2D eigenvalue weighted by Gasteiger charge is -2.13. The van der Waals surface area contributed by atoms with E-state index in [-0.39, 0.29) is 11.9 Å². The van der Waals surface area contributed by atoms with Crippen molar-refractivity contribution in [3.63, 3.8) is 0 Å². The van der Waals surface area contributed by atoms with Gasteiger partial charge in [0, 0.05) is 17.6 Å². The Balaban J connectivity index is 1.80. The number of hydrogen-bond acceptors (Lipinski definition) is 3. The number of amides is 1. The molecule has 0 unspecified atom stereocenters. The lowest BCUT2D eigenvalue weighted by molar-refractivity contribution is -0.121. The van der Waals surface area contributed by atoms with Crippen LogP contribution in [-0.4, -0.2) is 18.6 Å². The molecule has 2 rings (SSSR count). The Hall–Kier alpha value is -1.55. The SMILES string of the molecule is C[C@H](N)c1ccccc1OCCC(=O)NC1CC1. The van der Waals surface area contributed by atoms with Crippen molar-refractivity contribution in [3.05, 3.63) is 29.8 Å². The van der Waals surface area contributed by atoms with Gasteiger partial charge in [0.15, 0.2) is 0 Å². The summed E-state index contributed by atoms with van der Waals surface area (Å²) in [4.78, 5) is 11.5. The number of nitrogens with two attached hydrogens (primary N) is 1. The normalized spacial score (nSPS) is 16.1. The van der Waals surface area contributed by atoms with E-state index in [9.17, 15) is 4.79 Å². The summed E-state index contributed by atoms with van der Waals surface area (Å²) in [6.07, 6.45) is 2.62. The second-order valence-corrected chi connectivity index (χ2v) is 4.77. The maximum absolute atomic E-state index is 11.5. The summed E-state index contributed by atoms with van der Waals surface area (Å²) in [6, 6.07) is 8.02. The zero-order valence-corrected chi connectivity index (χ0v) is 10.7. The highest BCUT2D eigenvalue weighted by Crippen LogP contribution is 2.23. The second kappa shape index (κ2) is 5.87. The van der Waals surface area contributed by atoms with Crippen LogP contribution in [0.5, 0.6) is 5.75 Å². The van der Waals surface area contributed by atoms with Crippen molar-refractivity contribution in [2.75, 3.05) is 6.61 Å². The van der Waals surface area contributed by atoms with Crippen molar-refractivity contribution in [2.45, 2.75) is 38.3 Å². The van der Waals surface area contributed by atoms with Crippen LogP contribution < -0.4 is 15.8 Å². The molecule has 98 valence electrons. The van der Waals surface area contributed by atoms with Crippen LogP contribution in [0.15, 0.2) is 24.3 Å². The number of nitrogens with one attached hydrogen (secondary N) is 1. The highest BCUT2D eigenvalue weighted by atomic mass is 16.5. The first kappa shape index (κ1) is 12.9. The van der Waals surface area contributed by atoms with Crippen molar-refractivity contribution in [1.82, 2.24) is 5.32 Å². The zero-order chi connectivity index (χ0) is 13.0. The van der Waals surface area contributed by atoms with Gasteiger partial charge in [-0.3, -0.25) is 4.79 Å². The summed E-state index contributed by atoms with van der Waals surface area (Å²) in [7, 11) is 0. The van der Waals surface area contributed by atoms with Gasteiger partial charge in [-0.2, -0.15) is 0 Å². The first-order valence-corrected chi connectivity index (χ1v) is 6.43. The highest BCUT2D eigenvalue weighted by molar-refractivity contribution is 5.76. The molecule has 4 nitrogen and oxygen atoms in total. The number of ether oxygens (including phenoxy) is 1. The molecular formula is C14H20N2O2. The Morgan fingerprint density at radius 3 is 2.89 bits per heavy atom. The molecule has 3 N–H and O–H groups in total. The predicted octanol–water partition coefficient (Wildman–Crippen LogP) is 1.75. The van der Waals surface area contributed by atoms with Gasteiger partial charge >= 0.3 is 0 Å². The van der Waals surface area contributed by atoms with Crippen LogP contribution in [-0.2, 0) is 4.79 Å². The summed E-state index contributed by atoms with van der Waals surface area (Å²) in [6.45, 7) is 2.31. The van der Waals surface area contributed by atoms with Gasteiger partial charge in [0.25, 0.3) is 0 Å². The van der Waals surface area contributed by atoms with E-state index in [2.05, 4.69) is 5.32 Å². The molecule has 1 aliphatic rings. The molecule has 4 heteroatoms. The van der Waals surface area contributed by atoms with Crippen LogP contribution in [0.25, 0.3) is 0 Å². The lowest BCUT2D eigenvalue weighted by atomic mass is 10.1. The maximum Gasteiger partial charge on any atom is 0.223 e. The molecule has 0 bridgehead atoms. The van der Waals surface area contributed by atoms with E-state index < -0.39 is 0 Å². The Morgan fingerprint density at radius 1 is 1.50 bits per heavy atom. The Labute approximate surface area is 108 Å². The fourth-order valence-corrected chi connectivity index (χ4v) is 1.77. The van der Waals surface area contributed by atoms with E-state index >= 15 is 0 Å². The van der Waals surface area contributed by atoms with E-state index in [4.69, 9.17) is 10.5 Å². The Morgan fingerprint density at radius 2 is 2.22 bits per heavy atom. The van der Waals surface area contributed by atoms with Gasteiger partial charge in [0.2, 0.25) is 5.91 Å². The molecule has 0 heterocycles. The fraction of sp³-hybridized carbons (Fsp3) is 0.500. The summed E-state index contributed by atoms with van der Waals surface area (Å²) < 4.78 is 5.63. The largest absolute Gasteiger partial charge is 0.493 e. The van der Waals surface area contributed by atoms with Crippen LogP contribution >= 0.6 is 0 Å². The smallest absolute Gasteiger partial charge is 0.223 e. The van der Waals surface area contributed by atoms with Crippen LogP contribution in [0.4, 0.5) is 0 Å². The van der Waals surface area contributed by atoms with E-state index in [1.54, 1.807) is 0 Å². The molecule has 0 aliphatic heterocycles. The van der Waals surface area contributed by atoms with Crippen molar-refractivity contribution in [3.8, 4) is 5.75 Å². The second-order valence-electron chi connectivity index (χ2n) is 4.77. The van der Waals surface area contributed by atoms with Crippen molar-refractivity contribution in [1.29, 1.82) is 0 Å². The molecule has 0 radical (unpaired) electrons. The quantitative estimate of drug-likeness (QED) is 0.806. The van der Waals surface area contributed by atoms with E-state index in [1.807, 2.05) is 31.2 Å². The van der Waals surface area contributed by atoms with Gasteiger partial charge in [-0.05, 0) is 25.8 Å². The Bertz CT molecular complexity index is 414. The minimum atomic E-state index is -0.0681. The van der Waals surface area contributed by atoms with Gasteiger partial charge < -0.3 is 15.8 Å². The molecule has 18 heavy (non-hydrogen) atoms. The summed E-state index contributed by atoms with van der Waals surface area (Å²) in [5.74, 6) is 0.836. The fourth-order valence-electron chi connectivity index (χ4n) is 1.77. The minimum Gasteiger partial charge on any atom is -0.493 e. The van der Waals surface area contributed by atoms with Gasteiger partial charge in [-0.15, -0.1) is 0 Å². The van der Waals surface area contributed by atoms with Gasteiger partial charge in [0.05, 0.1) is 13.0 Å². The van der Waals surface area contributed by atoms with E-state index in [0.29, 0.717) is 19.1 Å². The first-order chi connectivity index (χ1) is 8.66. The third-order valence-corrected chi connectivity index (χ3v) is 2.94. The average Bonchev–Trinajstić information content (AvgIpc) is 3.13. The number of carbonyl (C=O) groups is 1. The molecule has 1 atom stereocenters. The molecule has 0 aromatic heterocycles. The minimum absolute atomic E-state index is 0.0655. The van der Waals surface area contributed by atoms with Crippen molar-refractivity contribution in [2.24, 2.45) is 5.73 Å². The number of benzene rings is 1. The lowest BCUT2D eigenvalue weighted by Crippen LogP contribution is -2.26. The highest BCUT2D eigenvalue weighted by Gasteiger charge is 2.22. The van der Waals surface area contributed by atoms with Gasteiger partial charge in [-0.1, -0.05) is 18.2 Å². The number of para-hydroxylation sites is 1. The van der Waals surface area contributed by atoms with E-state index in [0.717, 1.165) is 24.2 Å². The average molecular weight is 248 g/mol. The molecule has 1 saturated carbocycles. The molecule has 1 aromatic carbocycles. The standard InChI is InChI=1S/C14H20N2O2/c1-10(15)12-4-2-3-5-13(12)18-9-8-14(17)16-11-6-7-11/h2-5,10-11H,6-9,15H2,1H3,(H,16,17)/t10-/m0/s1. The molecule has 0 saturated heterocycles. The topological polar surface area (TPSA) is 64.3 Å². The van der Waals surface area contributed by atoms with Crippen molar-refractivity contribution < 1.29 is 9.53 Å². The molecule has 1 fully saturated rings. The van der Waals surface area contributed by atoms with Gasteiger partial charge in [-0.25, -0.2) is 0 Å². The summed E-state index contributed by atoms with van der Waals surface area (Å²) >= 11 is 0. The number of rotatable bonds is 6. The third-order valence-electron chi connectivity index (χ3n) is 2.94. The predicted molar refractivity (Wildman–Crippen MR) is 70.3 cm³/mol. The first-order valence-electron chi connectivity index (χ1n) is 6.43. The monoisotopic (exact) mass is 248 g/mol. The van der Waals surface area contributed by atoms with Crippen LogP contribution in [0.3, 0.4) is 0 Å². The molecule has 1 aliphatic carbocycles. The Kier molecular flexibility index (Phi) is 4.20. The molecule has 1 amide bonds. The number of carbonyl (C=O) groups excluding carboxylic acids is 1. The zero-order valence-electron chi connectivity index (χ0n) is 10.7. The van der Waals surface area contributed by atoms with E-state index in [1.165, 1.54) is 0 Å². The molecular weight excluding hydrogens is 228 g/mol. The molecule has 1 aromatic rings.